The van der Waals surface area contributed by atoms with Crippen molar-refractivity contribution in [2.75, 3.05) is 0 Å². The molecule has 0 heterocycles. The molecule has 0 unspecified atom stereocenters. The van der Waals surface area contributed by atoms with Gasteiger partial charge in [0.2, 0.25) is 0 Å². The summed E-state index contributed by atoms with van der Waals surface area (Å²) in [6, 6.07) is 0. The quantitative estimate of drug-likeness (QED) is 0.316. The van der Waals surface area contributed by atoms with E-state index in [-0.39, 0.29) is 12.4 Å². The average molecular weight is 168 g/mol. The topological polar surface area (TPSA) is 98.0 Å². The van der Waals surface area contributed by atoms with Gasteiger partial charge in [-0.25, -0.2) is 0 Å². The average Bonchev–Trinajstić information content (AvgIpc) is 0.650. The van der Waals surface area contributed by atoms with E-state index in [1.165, 1.54) is 0 Å². The Labute approximate surface area is 47.7 Å². The molecule has 0 aliphatic carbocycles. The maximum absolute atomic E-state index is 9.09. The molecule has 0 aliphatic rings. The second-order valence-electron chi connectivity index (χ2n) is 0.965. The Hall–Kier alpha value is 0.644. The van der Waals surface area contributed by atoms with E-state index in [1.54, 1.807) is 0 Å². The molecular weight excluding hydrogens is 163 g/mol. The Morgan fingerprint density at radius 2 is 1.00 bits per heavy atom. The summed E-state index contributed by atoms with van der Waals surface area (Å²) < 4.78 is 38.2. The summed E-state index contributed by atoms with van der Waals surface area (Å²) in [6.07, 6.45) is 0. The van der Waals surface area contributed by atoms with Crippen LogP contribution in [0, 0.1) is 0 Å². The molecule has 0 aromatic heterocycles. The van der Waals surface area contributed by atoms with E-state index >= 15 is 0 Å². The van der Waals surface area contributed by atoms with Crippen molar-refractivity contribution in [3.8, 4) is 0 Å². The molecule has 0 bridgehead atoms. The Balaban J connectivity index is 0. The molecular formula is H5ClO5Ti. The van der Waals surface area contributed by atoms with Crippen LogP contribution in [0.5, 0.6) is 0 Å². The Morgan fingerprint density at radius 3 is 1.00 bits per heavy atom. The van der Waals surface area contributed by atoms with Gasteiger partial charge < -0.3 is 0 Å². The molecule has 5 nitrogen and oxygen atoms in total. The van der Waals surface area contributed by atoms with E-state index in [2.05, 4.69) is 0 Å². The molecule has 0 saturated heterocycles. The van der Waals surface area contributed by atoms with Crippen molar-refractivity contribution in [2.24, 2.45) is 0 Å². The van der Waals surface area contributed by atoms with Crippen molar-refractivity contribution >= 4 is 12.4 Å². The second-order valence-corrected chi connectivity index (χ2v) is 3.98. The summed E-state index contributed by atoms with van der Waals surface area (Å²) in [4.78, 5) is 0. The van der Waals surface area contributed by atoms with Crippen LogP contribution >= 0.6 is 12.4 Å². The summed E-state index contributed by atoms with van der Waals surface area (Å²) in [7, 11) is 0. The van der Waals surface area contributed by atoms with Crippen LogP contribution in [0.3, 0.4) is 0 Å². The van der Waals surface area contributed by atoms with Crippen LogP contribution in [0.25, 0.3) is 0 Å². The number of hydrogen-bond donors (Lipinski definition) is 4. The van der Waals surface area contributed by atoms with Gasteiger partial charge in [-0.15, -0.1) is 12.4 Å². The first kappa shape index (κ1) is 10.6. The molecule has 7 heteroatoms. The van der Waals surface area contributed by atoms with Gasteiger partial charge in [-0.3, -0.25) is 0 Å². The van der Waals surface area contributed by atoms with Crippen molar-refractivity contribution in [3.05, 3.63) is 0 Å². The Kier molecular flexibility index (Phi) is 2.83. The van der Waals surface area contributed by atoms with Crippen LogP contribution < -0.4 is 0 Å². The van der Waals surface area contributed by atoms with Crippen molar-refractivity contribution in [1.29, 1.82) is 0 Å². The Morgan fingerprint density at radius 1 is 1.00 bits per heavy atom. The molecule has 7 heavy (non-hydrogen) atoms. The molecule has 0 atom stereocenters. The minimum absolute atomic E-state index is 0. The molecule has 46 valence electrons. The zero-order chi connectivity index (χ0) is 5.45. The fourth-order valence-corrected chi connectivity index (χ4v) is 0. The van der Waals surface area contributed by atoms with E-state index in [1.807, 2.05) is 0 Å². The molecule has 0 fully saturated rings. The molecule has 0 aromatic carbocycles. The van der Waals surface area contributed by atoms with Gasteiger partial charge in [0, 0.05) is 0 Å². The first-order chi connectivity index (χ1) is 2.24. The van der Waals surface area contributed by atoms with E-state index < -0.39 is 16.8 Å². The van der Waals surface area contributed by atoms with E-state index in [4.69, 9.17) is 18.1 Å². The summed E-state index contributed by atoms with van der Waals surface area (Å²) in [5.41, 5.74) is 0. The molecule has 4 N–H and O–H groups in total. The van der Waals surface area contributed by atoms with Gasteiger partial charge in [0.25, 0.3) is 0 Å². The van der Waals surface area contributed by atoms with Gasteiger partial charge in [0.15, 0.2) is 0 Å². The van der Waals surface area contributed by atoms with Crippen LogP contribution in [-0.4, -0.2) is 14.8 Å². The van der Waals surface area contributed by atoms with Gasteiger partial charge >= 0.3 is 34.9 Å². The second kappa shape index (κ2) is 1.87. The fraction of sp³-hybridized carbons (Fsp3) is 0. The van der Waals surface area contributed by atoms with Crippen LogP contribution in [0.2, 0.25) is 0 Å². The van der Waals surface area contributed by atoms with Crippen LogP contribution in [-0.2, 0) is 20.2 Å². The molecule has 0 aromatic rings. The molecule has 0 radical (unpaired) electrons. The summed E-state index contributed by atoms with van der Waals surface area (Å²) >= 11 is -6.85. The predicted octanol–water partition coefficient (Wildman–Crippen LogP) is -1.93. The Bertz CT molecular complexity index is 85.7. The normalized spacial score (nSPS) is 12.7. The third kappa shape index (κ3) is 345. The minimum atomic E-state index is -6.85. The molecule has 0 amide bonds. The van der Waals surface area contributed by atoms with Crippen molar-refractivity contribution in [1.82, 2.24) is 0 Å². The molecule has 0 rings (SSSR count). The van der Waals surface area contributed by atoms with Gasteiger partial charge in [0.05, 0.1) is 0 Å². The number of rotatable bonds is 0. The SMILES string of the molecule is Cl.[O]=[Ti]([OH])([OH])([OH])[OH]. The maximum atomic E-state index is 9.09. The molecule has 0 aliphatic heterocycles. The summed E-state index contributed by atoms with van der Waals surface area (Å²) in [6.45, 7) is 0. The zero-order valence-corrected chi connectivity index (χ0v) is 5.48. The standard InChI is InChI=1S/ClH.4H2O.O.Ti/h1H;4*1H2;;/q;;;;;;+4/p-4. The van der Waals surface area contributed by atoms with Crippen LogP contribution in [0.15, 0.2) is 0 Å². The molecule has 0 saturated carbocycles. The fourth-order valence-electron chi connectivity index (χ4n) is 0. The third-order valence-electron chi connectivity index (χ3n) is 0. The number of halogens is 1. The van der Waals surface area contributed by atoms with E-state index in [0.717, 1.165) is 0 Å². The van der Waals surface area contributed by atoms with Gasteiger partial charge in [-0.1, -0.05) is 0 Å². The van der Waals surface area contributed by atoms with Crippen molar-refractivity contribution in [2.45, 2.75) is 0 Å². The van der Waals surface area contributed by atoms with Gasteiger partial charge in [-0.05, 0) is 0 Å². The van der Waals surface area contributed by atoms with Gasteiger partial charge in [0.1, 0.15) is 0 Å². The first-order valence-corrected chi connectivity index (χ1v) is 4.53. The van der Waals surface area contributed by atoms with E-state index in [9.17, 15) is 0 Å². The number of hydrogen-bond acceptors (Lipinski definition) is 1. The summed E-state index contributed by atoms with van der Waals surface area (Å²) in [5.74, 6) is 0. The molecule has 0 spiro atoms. The third-order valence-corrected chi connectivity index (χ3v) is 0. The van der Waals surface area contributed by atoms with Crippen LogP contribution in [0.4, 0.5) is 0 Å². The van der Waals surface area contributed by atoms with Crippen molar-refractivity contribution < 1.29 is 34.9 Å². The zero-order valence-electron chi connectivity index (χ0n) is 3.11. The van der Waals surface area contributed by atoms with Crippen LogP contribution in [0.1, 0.15) is 0 Å². The van der Waals surface area contributed by atoms with Crippen molar-refractivity contribution in [3.63, 3.8) is 0 Å². The predicted molar refractivity (Wildman–Crippen MR) is 16.8 cm³/mol. The first-order valence-electron chi connectivity index (χ1n) is 1.10. The monoisotopic (exact) mass is 168 g/mol. The summed E-state index contributed by atoms with van der Waals surface area (Å²) in [5, 5.41) is 0. The van der Waals surface area contributed by atoms with E-state index in [0.29, 0.717) is 0 Å². The van der Waals surface area contributed by atoms with Gasteiger partial charge in [-0.2, -0.15) is 0 Å².